The van der Waals surface area contributed by atoms with E-state index in [-0.39, 0.29) is 17.5 Å². The summed E-state index contributed by atoms with van der Waals surface area (Å²) in [5.41, 5.74) is 3.34. The van der Waals surface area contributed by atoms with Crippen LogP contribution in [0.3, 0.4) is 0 Å². The maximum Gasteiger partial charge on any atom is 0.258 e. The normalized spacial score (nSPS) is 18.9. The number of β-amino-alcohol motifs (C(OH)–C–C–N with tert-alkyl or cyclic N) is 1. The van der Waals surface area contributed by atoms with Crippen LogP contribution in [-0.2, 0) is 7.05 Å². The number of carbonyl (C=O) groups is 1. The van der Waals surface area contributed by atoms with Gasteiger partial charge in [-0.2, -0.15) is 0 Å². The third kappa shape index (κ3) is 3.54. The molecule has 5 rings (SSSR count). The van der Waals surface area contributed by atoms with Crippen LogP contribution in [0.25, 0.3) is 33.1 Å². The molecule has 7 heteroatoms. The number of aliphatic hydroxyl groups is 1. The quantitative estimate of drug-likeness (QED) is 0.530. The molecule has 32 heavy (non-hydrogen) atoms. The highest BCUT2D eigenvalue weighted by molar-refractivity contribution is 5.97. The van der Waals surface area contributed by atoms with Crippen molar-refractivity contribution in [2.45, 2.75) is 31.9 Å². The molecule has 1 fully saturated rings. The predicted octanol–water partition coefficient (Wildman–Crippen LogP) is 3.13. The maximum absolute atomic E-state index is 13.1. The lowest BCUT2D eigenvalue weighted by Gasteiger charge is -2.36. The molecule has 3 heterocycles. The van der Waals surface area contributed by atoms with E-state index in [2.05, 4.69) is 4.98 Å². The van der Waals surface area contributed by atoms with Gasteiger partial charge in [0.1, 0.15) is 0 Å². The Kier molecular flexibility index (Phi) is 4.98. The van der Waals surface area contributed by atoms with Gasteiger partial charge in [0.2, 0.25) is 0 Å². The molecule has 1 aliphatic heterocycles. The van der Waals surface area contributed by atoms with Gasteiger partial charge < -0.3 is 14.6 Å². The van der Waals surface area contributed by atoms with Gasteiger partial charge in [-0.25, -0.2) is 4.98 Å². The van der Waals surface area contributed by atoms with Crippen LogP contribution in [0.15, 0.2) is 59.7 Å². The van der Waals surface area contributed by atoms with Crippen LogP contribution < -0.4 is 5.56 Å². The summed E-state index contributed by atoms with van der Waals surface area (Å²) in [5.74, 6) is -0.105. The van der Waals surface area contributed by atoms with Crippen molar-refractivity contribution in [1.29, 1.82) is 0 Å². The van der Waals surface area contributed by atoms with Crippen molar-refractivity contribution in [2.24, 2.45) is 7.05 Å². The van der Waals surface area contributed by atoms with E-state index >= 15 is 0 Å². The first-order valence-corrected chi connectivity index (χ1v) is 10.8. The molecular weight excluding hydrogens is 404 g/mol. The SMILES string of the molecule is CC1CCC(O)CN1C(=O)c1ccc2ncc(-c3ccc4c(=O)n(C)ccc4c3)nc2c1. The summed E-state index contributed by atoms with van der Waals surface area (Å²) in [6.45, 7) is 2.36. The summed E-state index contributed by atoms with van der Waals surface area (Å²) in [5, 5.41) is 11.5. The minimum Gasteiger partial charge on any atom is -0.391 e. The summed E-state index contributed by atoms with van der Waals surface area (Å²) in [7, 11) is 1.73. The van der Waals surface area contributed by atoms with Crippen molar-refractivity contribution in [3.8, 4) is 11.3 Å². The van der Waals surface area contributed by atoms with Crippen molar-refractivity contribution in [2.75, 3.05) is 6.54 Å². The van der Waals surface area contributed by atoms with Gasteiger partial charge in [0.25, 0.3) is 11.5 Å². The highest BCUT2D eigenvalue weighted by atomic mass is 16.3. The number of nitrogens with zero attached hydrogens (tertiary/aromatic N) is 4. The Labute approximate surface area is 185 Å². The number of amides is 1. The number of likely N-dealkylation sites (tertiary alicyclic amines) is 1. The van der Waals surface area contributed by atoms with Gasteiger partial charge in [-0.15, -0.1) is 0 Å². The van der Waals surface area contributed by atoms with Gasteiger partial charge in [0.15, 0.2) is 0 Å². The first-order valence-electron chi connectivity index (χ1n) is 10.8. The van der Waals surface area contributed by atoms with E-state index in [0.717, 1.165) is 23.8 Å². The fourth-order valence-electron chi connectivity index (χ4n) is 4.32. The predicted molar refractivity (Wildman–Crippen MR) is 123 cm³/mol. The molecule has 162 valence electrons. The highest BCUT2D eigenvalue weighted by Gasteiger charge is 2.28. The first-order chi connectivity index (χ1) is 15.4. The van der Waals surface area contributed by atoms with Crippen LogP contribution in [0, 0.1) is 0 Å². The second-order valence-electron chi connectivity index (χ2n) is 8.53. The standard InChI is InChI=1S/C25H24N4O3/c1-15-3-6-19(30)14-29(15)24(31)18-5-8-21-22(12-18)27-23(13-26-21)17-4-7-20-16(11-17)9-10-28(2)25(20)32/h4-5,7-13,15,19,30H,3,6,14H2,1-2H3. The lowest BCUT2D eigenvalue weighted by atomic mass is 10.00. The van der Waals surface area contributed by atoms with Crippen molar-refractivity contribution < 1.29 is 9.90 Å². The molecule has 2 unspecified atom stereocenters. The lowest BCUT2D eigenvalue weighted by Crippen LogP contribution is -2.47. The van der Waals surface area contributed by atoms with E-state index in [4.69, 9.17) is 4.98 Å². The van der Waals surface area contributed by atoms with Crippen LogP contribution in [0.2, 0.25) is 0 Å². The second-order valence-corrected chi connectivity index (χ2v) is 8.53. The summed E-state index contributed by atoms with van der Waals surface area (Å²) in [6.07, 6.45) is 4.48. The fraction of sp³-hybridized carbons (Fsp3) is 0.280. The van der Waals surface area contributed by atoms with Gasteiger partial charge >= 0.3 is 0 Å². The van der Waals surface area contributed by atoms with E-state index in [1.54, 1.807) is 47.1 Å². The molecule has 2 aromatic heterocycles. The number of piperidine rings is 1. The van der Waals surface area contributed by atoms with Gasteiger partial charge in [0, 0.05) is 42.3 Å². The minimum absolute atomic E-state index is 0.0427. The molecule has 0 spiro atoms. The van der Waals surface area contributed by atoms with E-state index in [0.29, 0.717) is 34.2 Å². The fourth-order valence-corrected chi connectivity index (χ4v) is 4.32. The maximum atomic E-state index is 13.1. The largest absolute Gasteiger partial charge is 0.391 e. The minimum atomic E-state index is -0.480. The van der Waals surface area contributed by atoms with Gasteiger partial charge in [-0.3, -0.25) is 14.6 Å². The van der Waals surface area contributed by atoms with Crippen LogP contribution >= 0.6 is 0 Å². The number of aryl methyl sites for hydroxylation is 1. The van der Waals surface area contributed by atoms with Crippen LogP contribution in [0.4, 0.5) is 0 Å². The van der Waals surface area contributed by atoms with Crippen LogP contribution in [0.1, 0.15) is 30.1 Å². The van der Waals surface area contributed by atoms with Crippen LogP contribution in [0.5, 0.6) is 0 Å². The van der Waals surface area contributed by atoms with E-state index in [1.807, 2.05) is 31.2 Å². The Balaban J connectivity index is 1.52. The number of hydrogen-bond donors (Lipinski definition) is 1. The molecule has 7 nitrogen and oxygen atoms in total. The molecule has 0 bridgehead atoms. The zero-order valence-corrected chi connectivity index (χ0v) is 18.0. The van der Waals surface area contributed by atoms with Crippen molar-refractivity contribution in [3.05, 3.63) is 70.8 Å². The van der Waals surface area contributed by atoms with Gasteiger partial charge in [-0.05, 0) is 61.5 Å². The average Bonchev–Trinajstić information content (AvgIpc) is 2.81. The van der Waals surface area contributed by atoms with E-state index < -0.39 is 6.10 Å². The third-order valence-electron chi connectivity index (χ3n) is 6.28. The van der Waals surface area contributed by atoms with Crippen LogP contribution in [-0.4, -0.2) is 49.1 Å². The summed E-state index contributed by atoms with van der Waals surface area (Å²) in [4.78, 5) is 36.4. The number of aromatic nitrogens is 3. The number of pyridine rings is 1. The number of hydrogen-bond acceptors (Lipinski definition) is 5. The zero-order valence-electron chi connectivity index (χ0n) is 18.0. The molecule has 2 aromatic carbocycles. The Bertz CT molecular complexity index is 1410. The van der Waals surface area contributed by atoms with Gasteiger partial charge in [0.05, 0.1) is 29.0 Å². The highest BCUT2D eigenvalue weighted by Crippen LogP contribution is 2.25. The van der Waals surface area contributed by atoms with E-state index in [9.17, 15) is 14.7 Å². The Hall–Kier alpha value is -3.58. The zero-order chi connectivity index (χ0) is 22.4. The number of carbonyl (C=O) groups excluding carboxylic acids is 1. The Morgan fingerprint density at radius 1 is 1.09 bits per heavy atom. The number of rotatable bonds is 2. The molecule has 0 radical (unpaired) electrons. The molecule has 4 aromatic rings. The van der Waals surface area contributed by atoms with Gasteiger partial charge in [-0.1, -0.05) is 6.07 Å². The molecule has 1 N–H and O–H groups in total. The summed E-state index contributed by atoms with van der Waals surface area (Å²) in [6, 6.07) is 12.9. The lowest BCUT2D eigenvalue weighted by molar-refractivity contribution is 0.0310. The number of aliphatic hydroxyl groups excluding tert-OH is 1. The summed E-state index contributed by atoms with van der Waals surface area (Å²) >= 11 is 0. The Morgan fingerprint density at radius 2 is 1.94 bits per heavy atom. The number of fused-ring (bicyclic) bond motifs is 2. The monoisotopic (exact) mass is 428 g/mol. The smallest absolute Gasteiger partial charge is 0.258 e. The Morgan fingerprint density at radius 3 is 2.78 bits per heavy atom. The average molecular weight is 428 g/mol. The molecule has 1 aliphatic rings. The summed E-state index contributed by atoms with van der Waals surface area (Å²) < 4.78 is 1.55. The molecular formula is C25H24N4O3. The molecule has 0 saturated carbocycles. The third-order valence-corrected chi connectivity index (χ3v) is 6.28. The first kappa shape index (κ1) is 20.3. The topological polar surface area (TPSA) is 88.3 Å². The van der Waals surface area contributed by atoms with Crippen molar-refractivity contribution in [1.82, 2.24) is 19.4 Å². The van der Waals surface area contributed by atoms with E-state index in [1.165, 1.54) is 0 Å². The second kappa shape index (κ2) is 7.84. The molecule has 2 atom stereocenters. The van der Waals surface area contributed by atoms with Crippen molar-refractivity contribution >= 4 is 27.7 Å². The number of benzene rings is 2. The molecule has 1 amide bonds. The molecule has 0 aliphatic carbocycles. The molecule has 1 saturated heterocycles. The van der Waals surface area contributed by atoms with Crippen molar-refractivity contribution in [3.63, 3.8) is 0 Å².